The van der Waals surface area contributed by atoms with Crippen LogP contribution in [-0.4, -0.2) is 25.5 Å². The van der Waals surface area contributed by atoms with Crippen LogP contribution in [0.3, 0.4) is 0 Å². The topological polar surface area (TPSA) is 72.3 Å². The number of nitrogens with two attached hydrogens (primary N) is 2. The third-order valence-corrected chi connectivity index (χ3v) is 3.66. The van der Waals surface area contributed by atoms with Crippen LogP contribution in [0.15, 0.2) is 18.2 Å². The molecular formula is C15H23N3O. The highest BCUT2D eigenvalue weighted by atomic mass is 16.2. The number of rotatable bonds is 6. The number of anilines is 1. The summed E-state index contributed by atoms with van der Waals surface area (Å²) in [6.45, 7) is 4.22. The molecule has 19 heavy (non-hydrogen) atoms. The lowest BCUT2D eigenvalue weighted by Crippen LogP contribution is -2.32. The molecule has 1 atom stereocenters. The van der Waals surface area contributed by atoms with Crippen LogP contribution in [0.5, 0.6) is 0 Å². The van der Waals surface area contributed by atoms with Crippen molar-refractivity contribution < 1.29 is 4.79 Å². The number of amides is 1. The van der Waals surface area contributed by atoms with Gasteiger partial charge in [-0.3, -0.25) is 4.79 Å². The molecule has 0 saturated heterocycles. The van der Waals surface area contributed by atoms with Gasteiger partial charge in [-0.05, 0) is 49.0 Å². The SMILES string of the molecule is CC(CCN)CN1C(=O)Cc2cc(CCN)ccc21. The summed E-state index contributed by atoms with van der Waals surface area (Å²) in [5, 5.41) is 0. The van der Waals surface area contributed by atoms with E-state index in [2.05, 4.69) is 25.1 Å². The molecule has 0 aliphatic carbocycles. The summed E-state index contributed by atoms with van der Waals surface area (Å²) < 4.78 is 0. The predicted octanol–water partition coefficient (Wildman–Crippen LogP) is 1.06. The quantitative estimate of drug-likeness (QED) is 0.804. The van der Waals surface area contributed by atoms with Gasteiger partial charge in [0.2, 0.25) is 5.91 Å². The lowest BCUT2D eigenvalue weighted by Gasteiger charge is -2.21. The molecule has 1 heterocycles. The van der Waals surface area contributed by atoms with Gasteiger partial charge in [0, 0.05) is 12.2 Å². The molecule has 1 unspecified atom stereocenters. The first-order valence-corrected chi connectivity index (χ1v) is 6.98. The lowest BCUT2D eigenvalue weighted by molar-refractivity contribution is -0.117. The van der Waals surface area contributed by atoms with E-state index in [9.17, 15) is 4.79 Å². The van der Waals surface area contributed by atoms with Crippen LogP contribution in [0.2, 0.25) is 0 Å². The van der Waals surface area contributed by atoms with Crippen molar-refractivity contribution in [2.24, 2.45) is 17.4 Å². The number of nitrogens with zero attached hydrogens (tertiary/aromatic N) is 1. The molecule has 0 fully saturated rings. The van der Waals surface area contributed by atoms with Gasteiger partial charge in [-0.1, -0.05) is 19.1 Å². The fraction of sp³-hybridized carbons (Fsp3) is 0.533. The minimum atomic E-state index is 0.198. The molecule has 0 spiro atoms. The van der Waals surface area contributed by atoms with Gasteiger partial charge in [0.1, 0.15) is 0 Å². The lowest BCUT2D eigenvalue weighted by atomic mass is 10.1. The standard InChI is InChI=1S/C15H23N3O/c1-11(4-6-16)10-18-14-3-2-12(5-7-17)8-13(14)9-15(18)19/h2-3,8,11H,4-7,9-10,16-17H2,1H3. The van der Waals surface area contributed by atoms with Crippen molar-refractivity contribution >= 4 is 11.6 Å². The molecule has 4 heteroatoms. The molecule has 1 aromatic carbocycles. The minimum Gasteiger partial charge on any atom is -0.330 e. The van der Waals surface area contributed by atoms with Crippen molar-refractivity contribution in [2.75, 3.05) is 24.5 Å². The fourth-order valence-corrected chi connectivity index (χ4v) is 2.65. The number of carbonyl (C=O) groups is 1. The van der Waals surface area contributed by atoms with E-state index in [1.807, 2.05) is 4.90 Å². The van der Waals surface area contributed by atoms with E-state index >= 15 is 0 Å². The molecule has 0 bridgehead atoms. The van der Waals surface area contributed by atoms with Crippen LogP contribution in [0.4, 0.5) is 5.69 Å². The molecule has 1 amide bonds. The van der Waals surface area contributed by atoms with Gasteiger partial charge in [-0.25, -0.2) is 0 Å². The molecule has 1 aliphatic rings. The molecule has 4 nitrogen and oxygen atoms in total. The van der Waals surface area contributed by atoms with Gasteiger partial charge >= 0.3 is 0 Å². The van der Waals surface area contributed by atoms with E-state index in [4.69, 9.17) is 11.5 Å². The van der Waals surface area contributed by atoms with E-state index in [1.165, 1.54) is 5.56 Å². The Morgan fingerprint density at radius 3 is 2.79 bits per heavy atom. The van der Waals surface area contributed by atoms with Crippen LogP contribution in [0, 0.1) is 5.92 Å². The second kappa shape index (κ2) is 6.17. The molecule has 0 saturated carbocycles. The van der Waals surface area contributed by atoms with Gasteiger partial charge in [0.05, 0.1) is 6.42 Å². The first kappa shape index (κ1) is 14.0. The van der Waals surface area contributed by atoms with Gasteiger partial charge in [0.15, 0.2) is 0 Å². The summed E-state index contributed by atoms with van der Waals surface area (Å²) >= 11 is 0. The Kier molecular flexibility index (Phi) is 4.56. The Bertz CT molecular complexity index is 459. The van der Waals surface area contributed by atoms with Gasteiger partial charge in [-0.15, -0.1) is 0 Å². The van der Waals surface area contributed by atoms with Crippen molar-refractivity contribution in [3.05, 3.63) is 29.3 Å². The normalized spacial score (nSPS) is 15.7. The highest BCUT2D eigenvalue weighted by Gasteiger charge is 2.28. The van der Waals surface area contributed by atoms with Crippen molar-refractivity contribution in [3.8, 4) is 0 Å². The molecule has 0 radical (unpaired) electrons. The minimum absolute atomic E-state index is 0.198. The average molecular weight is 261 g/mol. The first-order valence-electron chi connectivity index (χ1n) is 6.98. The zero-order valence-corrected chi connectivity index (χ0v) is 11.6. The molecule has 104 valence electrons. The summed E-state index contributed by atoms with van der Waals surface area (Å²) in [5.74, 6) is 0.632. The number of hydrogen-bond acceptors (Lipinski definition) is 3. The summed E-state index contributed by atoms with van der Waals surface area (Å²) in [4.78, 5) is 14.0. The van der Waals surface area contributed by atoms with Crippen molar-refractivity contribution in [1.29, 1.82) is 0 Å². The first-order chi connectivity index (χ1) is 9.15. The third-order valence-electron chi connectivity index (χ3n) is 3.66. The number of benzene rings is 1. The van der Waals surface area contributed by atoms with Crippen molar-refractivity contribution in [1.82, 2.24) is 0 Å². The second-order valence-electron chi connectivity index (χ2n) is 5.37. The molecule has 4 N–H and O–H groups in total. The molecule has 1 aliphatic heterocycles. The zero-order valence-electron chi connectivity index (χ0n) is 11.6. The Labute approximate surface area is 114 Å². The summed E-state index contributed by atoms with van der Waals surface area (Å²) in [6.07, 6.45) is 2.33. The van der Waals surface area contributed by atoms with E-state index in [1.54, 1.807) is 0 Å². The highest BCUT2D eigenvalue weighted by Crippen LogP contribution is 2.30. The summed E-state index contributed by atoms with van der Waals surface area (Å²) in [6, 6.07) is 6.25. The van der Waals surface area contributed by atoms with Crippen LogP contribution < -0.4 is 16.4 Å². The summed E-state index contributed by atoms with van der Waals surface area (Å²) in [5.41, 5.74) is 14.6. The van der Waals surface area contributed by atoms with Gasteiger partial charge < -0.3 is 16.4 Å². The largest absolute Gasteiger partial charge is 0.330 e. The number of hydrogen-bond donors (Lipinski definition) is 2. The highest BCUT2D eigenvalue weighted by molar-refractivity contribution is 6.01. The van der Waals surface area contributed by atoms with Crippen molar-refractivity contribution in [2.45, 2.75) is 26.2 Å². The Hall–Kier alpha value is -1.39. The van der Waals surface area contributed by atoms with Gasteiger partial charge in [-0.2, -0.15) is 0 Å². The van der Waals surface area contributed by atoms with E-state index in [0.29, 0.717) is 25.4 Å². The van der Waals surface area contributed by atoms with E-state index in [0.717, 1.165) is 30.6 Å². The second-order valence-corrected chi connectivity index (χ2v) is 5.37. The molecule has 0 aromatic heterocycles. The Balaban J connectivity index is 2.15. The van der Waals surface area contributed by atoms with E-state index < -0.39 is 0 Å². The van der Waals surface area contributed by atoms with Crippen LogP contribution in [0.25, 0.3) is 0 Å². The molecule has 2 rings (SSSR count). The van der Waals surface area contributed by atoms with Crippen LogP contribution in [0.1, 0.15) is 24.5 Å². The molecule has 1 aromatic rings. The monoisotopic (exact) mass is 261 g/mol. The number of carbonyl (C=O) groups excluding carboxylic acids is 1. The smallest absolute Gasteiger partial charge is 0.231 e. The maximum absolute atomic E-state index is 12.1. The summed E-state index contributed by atoms with van der Waals surface area (Å²) in [7, 11) is 0. The maximum atomic E-state index is 12.1. The average Bonchev–Trinajstić information content (AvgIpc) is 2.66. The fourth-order valence-electron chi connectivity index (χ4n) is 2.65. The third kappa shape index (κ3) is 3.14. The molecular weight excluding hydrogens is 238 g/mol. The predicted molar refractivity (Wildman–Crippen MR) is 78.1 cm³/mol. The zero-order chi connectivity index (χ0) is 13.8. The maximum Gasteiger partial charge on any atom is 0.231 e. The van der Waals surface area contributed by atoms with E-state index in [-0.39, 0.29) is 5.91 Å². The number of fused-ring (bicyclic) bond motifs is 1. The van der Waals surface area contributed by atoms with Crippen LogP contribution >= 0.6 is 0 Å². The van der Waals surface area contributed by atoms with Crippen LogP contribution in [-0.2, 0) is 17.6 Å². The van der Waals surface area contributed by atoms with Gasteiger partial charge in [0.25, 0.3) is 0 Å². The Morgan fingerprint density at radius 2 is 2.11 bits per heavy atom. The Morgan fingerprint density at radius 1 is 1.32 bits per heavy atom. The van der Waals surface area contributed by atoms with Crippen molar-refractivity contribution in [3.63, 3.8) is 0 Å².